The molecular weight excluding hydrogens is 268 g/mol. The number of hydrogen-bond donors (Lipinski definition) is 0. The summed E-state index contributed by atoms with van der Waals surface area (Å²) in [6.07, 6.45) is 2.55. The summed E-state index contributed by atoms with van der Waals surface area (Å²) in [5, 5.41) is 0. The van der Waals surface area contributed by atoms with Gasteiger partial charge in [-0.15, -0.1) is 0 Å². The summed E-state index contributed by atoms with van der Waals surface area (Å²) in [5.41, 5.74) is 2.21. The molecule has 0 bridgehead atoms. The predicted molar refractivity (Wildman–Crippen MR) is 80.1 cm³/mol. The number of carbonyl (C=O) groups excluding carboxylic acids is 1. The number of benzene rings is 1. The number of piperidine rings is 1. The third-order valence-electron chi connectivity index (χ3n) is 4.35. The van der Waals surface area contributed by atoms with Crippen molar-refractivity contribution in [1.29, 1.82) is 0 Å². The van der Waals surface area contributed by atoms with Gasteiger partial charge in [0, 0.05) is 20.1 Å². The molecule has 1 saturated heterocycles. The van der Waals surface area contributed by atoms with Gasteiger partial charge in [-0.2, -0.15) is 0 Å². The monoisotopic (exact) mass is 288 g/mol. The van der Waals surface area contributed by atoms with Gasteiger partial charge < -0.3 is 9.32 Å². The number of carbonyl (C=O) groups is 1. The minimum Gasteiger partial charge on any atom is -0.408 e. The van der Waals surface area contributed by atoms with E-state index < -0.39 is 0 Å². The molecule has 0 unspecified atom stereocenters. The minimum atomic E-state index is -0.376. The molecule has 3 rings (SSSR count). The first-order valence-corrected chi connectivity index (χ1v) is 7.41. The average molecular weight is 288 g/mol. The Labute approximate surface area is 123 Å². The molecule has 21 heavy (non-hydrogen) atoms. The fourth-order valence-electron chi connectivity index (χ4n) is 2.83. The summed E-state index contributed by atoms with van der Waals surface area (Å²) in [4.78, 5) is 25.7. The summed E-state index contributed by atoms with van der Waals surface area (Å²) in [6.45, 7) is 3.94. The van der Waals surface area contributed by atoms with Crippen molar-refractivity contribution in [3.63, 3.8) is 0 Å². The molecule has 0 aliphatic carbocycles. The molecule has 0 spiro atoms. The fraction of sp³-hybridized carbons (Fsp3) is 0.500. The summed E-state index contributed by atoms with van der Waals surface area (Å²) < 4.78 is 6.56. The van der Waals surface area contributed by atoms with Crippen molar-refractivity contribution in [2.45, 2.75) is 26.2 Å². The highest BCUT2D eigenvalue weighted by atomic mass is 16.4. The van der Waals surface area contributed by atoms with Crippen LogP contribution in [0.4, 0.5) is 0 Å². The van der Waals surface area contributed by atoms with Gasteiger partial charge >= 0.3 is 5.76 Å². The molecule has 1 aliphatic heterocycles. The molecule has 1 amide bonds. The zero-order valence-corrected chi connectivity index (χ0v) is 12.5. The maximum atomic E-state index is 12.3. The van der Waals surface area contributed by atoms with Gasteiger partial charge in [-0.3, -0.25) is 9.36 Å². The highest BCUT2D eigenvalue weighted by Gasteiger charge is 2.20. The molecule has 1 aromatic carbocycles. The molecule has 112 valence electrons. The van der Waals surface area contributed by atoms with Crippen LogP contribution < -0.4 is 5.76 Å². The zero-order chi connectivity index (χ0) is 15.0. The largest absolute Gasteiger partial charge is 0.419 e. The summed E-state index contributed by atoms with van der Waals surface area (Å²) >= 11 is 0. The molecule has 1 aliphatic rings. The van der Waals surface area contributed by atoms with E-state index >= 15 is 0 Å². The lowest BCUT2D eigenvalue weighted by Gasteiger charge is -2.30. The molecule has 5 heteroatoms. The van der Waals surface area contributed by atoms with E-state index in [1.54, 1.807) is 13.1 Å². The van der Waals surface area contributed by atoms with Crippen LogP contribution in [0.5, 0.6) is 0 Å². The van der Waals surface area contributed by atoms with Crippen LogP contribution in [-0.2, 0) is 18.3 Å². The first kappa shape index (κ1) is 13.9. The minimum absolute atomic E-state index is 0.162. The summed E-state index contributed by atoms with van der Waals surface area (Å²) in [7, 11) is 1.67. The smallest absolute Gasteiger partial charge is 0.408 e. The lowest BCUT2D eigenvalue weighted by atomic mass is 9.98. The van der Waals surface area contributed by atoms with Crippen LogP contribution >= 0.6 is 0 Å². The number of aromatic nitrogens is 1. The number of nitrogens with zero attached hydrogens (tertiary/aromatic N) is 2. The van der Waals surface area contributed by atoms with Crippen molar-refractivity contribution >= 4 is 17.0 Å². The van der Waals surface area contributed by atoms with Gasteiger partial charge in [-0.25, -0.2) is 4.79 Å². The second-order valence-electron chi connectivity index (χ2n) is 5.97. The van der Waals surface area contributed by atoms with E-state index in [2.05, 4.69) is 6.92 Å². The van der Waals surface area contributed by atoms with Gasteiger partial charge in [0.15, 0.2) is 5.58 Å². The molecule has 0 N–H and O–H groups in total. The average Bonchev–Trinajstić information content (AvgIpc) is 2.75. The molecule has 2 aromatic rings. The highest BCUT2D eigenvalue weighted by Crippen LogP contribution is 2.18. The van der Waals surface area contributed by atoms with Crippen molar-refractivity contribution in [1.82, 2.24) is 9.47 Å². The number of oxazole rings is 1. The van der Waals surface area contributed by atoms with Crippen LogP contribution in [0.2, 0.25) is 0 Å². The van der Waals surface area contributed by atoms with Gasteiger partial charge in [0.25, 0.3) is 0 Å². The number of amides is 1. The molecule has 0 saturated carbocycles. The van der Waals surface area contributed by atoms with E-state index in [1.165, 1.54) is 4.57 Å². The van der Waals surface area contributed by atoms with Crippen LogP contribution in [0.15, 0.2) is 27.4 Å². The van der Waals surface area contributed by atoms with Gasteiger partial charge in [-0.05, 0) is 36.5 Å². The Balaban J connectivity index is 1.77. The van der Waals surface area contributed by atoms with E-state index in [-0.39, 0.29) is 11.7 Å². The molecule has 2 heterocycles. The third-order valence-corrected chi connectivity index (χ3v) is 4.35. The number of likely N-dealkylation sites (tertiary alicyclic amines) is 1. The van der Waals surface area contributed by atoms with Gasteiger partial charge in [0.05, 0.1) is 11.9 Å². The Morgan fingerprint density at radius 2 is 2.05 bits per heavy atom. The van der Waals surface area contributed by atoms with Gasteiger partial charge in [0.1, 0.15) is 0 Å². The Bertz CT molecular complexity index is 721. The predicted octanol–water partition coefficient (Wildman–Crippen LogP) is 1.93. The quantitative estimate of drug-likeness (QED) is 0.848. The molecule has 0 radical (unpaired) electrons. The van der Waals surface area contributed by atoms with Gasteiger partial charge in [0.2, 0.25) is 5.91 Å². The van der Waals surface area contributed by atoms with Crippen molar-refractivity contribution in [3.05, 3.63) is 34.3 Å². The van der Waals surface area contributed by atoms with Crippen molar-refractivity contribution in [2.24, 2.45) is 13.0 Å². The van der Waals surface area contributed by atoms with Crippen molar-refractivity contribution in [3.8, 4) is 0 Å². The maximum Gasteiger partial charge on any atom is 0.419 e. The van der Waals surface area contributed by atoms with Crippen molar-refractivity contribution < 1.29 is 9.21 Å². The Hall–Kier alpha value is -2.04. The Morgan fingerprint density at radius 3 is 2.76 bits per heavy atom. The van der Waals surface area contributed by atoms with Crippen LogP contribution in [0.3, 0.4) is 0 Å². The van der Waals surface area contributed by atoms with Crippen LogP contribution in [-0.4, -0.2) is 28.5 Å². The van der Waals surface area contributed by atoms with Crippen LogP contribution in [0.25, 0.3) is 11.1 Å². The molecule has 1 fully saturated rings. The zero-order valence-electron chi connectivity index (χ0n) is 12.5. The number of rotatable bonds is 2. The van der Waals surface area contributed by atoms with E-state index in [4.69, 9.17) is 4.42 Å². The molecule has 5 nitrogen and oxygen atoms in total. The first-order valence-electron chi connectivity index (χ1n) is 7.41. The first-order chi connectivity index (χ1) is 10.0. The molecule has 1 aromatic heterocycles. The molecular formula is C16H20N2O3. The SMILES string of the molecule is CC1CCN(C(=O)Cc2ccc3oc(=O)n(C)c3c2)CC1. The number of fused-ring (bicyclic) bond motifs is 1. The summed E-state index contributed by atoms with van der Waals surface area (Å²) in [5.74, 6) is 0.499. The van der Waals surface area contributed by atoms with Crippen LogP contribution in [0.1, 0.15) is 25.3 Å². The lowest BCUT2D eigenvalue weighted by Crippen LogP contribution is -2.38. The Morgan fingerprint density at radius 1 is 1.33 bits per heavy atom. The van der Waals surface area contributed by atoms with E-state index in [9.17, 15) is 9.59 Å². The normalized spacial score (nSPS) is 16.6. The second kappa shape index (κ2) is 5.39. The fourth-order valence-corrected chi connectivity index (χ4v) is 2.83. The Kier molecular flexibility index (Phi) is 3.57. The number of hydrogen-bond acceptors (Lipinski definition) is 3. The second-order valence-corrected chi connectivity index (χ2v) is 5.97. The molecule has 0 atom stereocenters. The van der Waals surface area contributed by atoms with E-state index in [0.29, 0.717) is 17.9 Å². The highest BCUT2D eigenvalue weighted by molar-refractivity contribution is 5.81. The standard InChI is InChI=1S/C16H20N2O3/c1-11-5-7-18(8-6-11)15(19)10-12-3-4-14-13(9-12)17(2)16(20)21-14/h3-4,9,11H,5-8,10H2,1-2H3. The van der Waals surface area contributed by atoms with Gasteiger partial charge in [-0.1, -0.05) is 13.0 Å². The van der Waals surface area contributed by atoms with E-state index in [0.717, 1.165) is 37.0 Å². The lowest BCUT2D eigenvalue weighted by molar-refractivity contribution is -0.131. The van der Waals surface area contributed by atoms with E-state index in [1.807, 2.05) is 17.0 Å². The number of aryl methyl sites for hydroxylation is 1. The van der Waals surface area contributed by atoms with Crippen molar-refractivity contribution in [2.75, 3.05) is 13.1 Å². The topological polar surface area (TPSA) is 55.5 Å². The maximum absolute atomic E-state index is 12.3. The third kappa shape index (κ3) is 2.73. The summed E-state index contributed by atoms with van der Waals surface area (Å²) in [6, 6.07) is 5.48. The van der Waals surface area contributed by atoms with Crippen LogP contribution in [0, 0.1) is 5.92 Å².